The molecule has 0 aromatic heterocycles. The minimum Gasteiger partial charge on any atom is -0.473 e. The second kappa shape index (κ2) is 15.5. The zero-order valence-corrected chi connectivity index (χ0v) is 18.5. The Labute approximate surface area is 189 Å². The van der Waals surface area contributed by atoms with Crippen LogP contribution in [0.2, 0.25) is 0 Å². The summed E-state index contributed by atoms with van der Waals surface area (Å²) in [5.41, 5.74) is -0.731. The van der Waals surface area contributed by atoms with E-state index in [9.17, 15) is 19.1 Å². The van der Waals surface area contributed by atoms with Crippen LogP contribution in [0.15, 0.2) is 24.3 Å². The lowest BCUT2D eigenvalue weighted by atomic mass is 10.1. The molecule has 1 rings (SSSR count). The number of aliphatic hydroxyl groups excluding tert-OH is 1. The fourth-order valence-electron chi connectivity index (χ4n) is 1.95. The zero-order valence-electron chi connectivity index (χ0n) is 18.5. The van der Waals surface area contributed by atoms with Crippen LogP contribution in [0.4, 0.5) is 9.18 Å². The number of halogens is 1. The van der Waals surface area contributed by atoms with Gasteiger partial charge in [-0.1, -0.05) is 12.1 Å². The number of ether oxygens (including phenoxy) is 3. The smallest absolute Gasteiger partial charge is 0.414 e. The number of carbonyl (C=O) groups is 4. The second-order valence-electron chi connectivity index (χ2n) is 7.09. The molecule has 0 saturated carbocycles. The maximum Gasteiger partial charge on any atom is 0.414 e. The van der Waals surface area contributed by atoms with Crippen LogP contribution in [-0.2, 0) is 23.8 Å². The summed E-state index contributed by atoms with van der Waals surface area (Å²) in [7, 11) is 1.51. The molecule has 0 heterocycles. The molecule has 0 saturated heterocycles. The highest BCUT2D eigenvalue weighted by Crippen LogP contribution is 2.08. The Balaban J connectivity index is 0.00000150. The van der Waals surface area contributed by atoms with Crippen molar-refractivity contribution in [1.29, 1.82) is 0 Å². The van der Waals surface area contributed by atoms with Crippen molar-refractivity contribution in [2.45, 2.75) is 25.5 Å². The van der Waals surface area contributed by atoms with Crippen molar-refractivity contribution in [3.8, 4) is 0 Å². The Hall–Kier alpha value is -3.29. The zero-order chi connectivity index (χ0) is 25.4. The van der Waals surface area contributed by atoms with Crippen molar-refractivity contribution in [1.82, 2.24) is 10.6 Å². The van der Waals surface area contributed by atoms with E-state index in [1.54, 1.807) is 0 Å². The second-order valence-corrected chi connectivity index (χ2v) is 7.09. The quantitative estimate of drug-likeness (QED) is 0.168. The summed E-state index contributed by atoms with van der Waals surface area (Å²) >= 11 is 0. The number of carboxylic acids is 2. The van der Waals surface area contributed by atoms with Gasteiger partial charge < -0.3 is 40.2 Å². The fourth-order valence-corrected chi connectivity index (χ4v) is 1.95. The number of nitrogens with one attached hydrogen (secondary N) is 2. The average Bonchev–Trinajstić information content (AvgIpc) is 2.75. The number of benzene rings is 1. The number of β-amino-alcohol motifs (C(OH)–C–C–N with tert-alkyl or cyclic N) is 1. The summed E-state index contributed by atoms with van der Waals surface area (Å²) in [6, 6.07) is 5.45. The lowest BCUT2D eigenvalue weighted by Gasteiger charge is -2.27. The van der Waals surface area contributed by atoms with E-state index in [1.165, 1.54) is 25.3 Å². The molecule has 0 spiro atoms. The number of aliphatic carboxylic acids is 2. The molecule has 1 unspecified atom stereocenters. The Morgan fingerprint density at radius 3 is 2.21 bits per heavy atom. The van der Waals surface area contributed by atoms with E-state index < -0.39 is 41.5 Å². The van der Waals surface area contributed by atoms with E-state index in [2.05, 4.69) is 10.6 Å². The van der Waals surface area contributed by atoms with Crippen molar-refractivity contribution in [3.63, 3.8) is 0 Å². The predicted molar refractivity (Wildman–Crippen MR) is 111 cm³/mol. The number of hydrogen-bond donors (Lipinski definition) is 5. The van der Waals surface area contributed by atoms with Gasteiger partial charge in [-0.2, -0.15) is 0 Å². The standard InChI is InChI=1S/C18H27FN2O6.C2H2O4/c1-18(2,12-20-17(24)26-9-8-25-3)21-10-13(22)11-27-16(23)14-6-4-5-7-15(14)19;3-1(4)2(5)6/h4-7,13,21-22H,8-12H2,1-3H3,(H,20,24);(H,3,4)(H,5,6). The van der Waals surface area contributed by atoms with Gasteiger partial charge in [0.05, 0.1) is 12.2 Å². The maximum atomic E-state index is 13.5. The van der Waals surface area contributed by atoms with Crippen LogP contribution in [0.3, 0.4) is 0 Å². The molecule has 12 nitrogen and oxygen atoms in total. The van der Waals surface area contributed by atoms with Crippen molar-refractivity contribution >= 4 is 24.0 Å². The van der Waals surface area contributed by atoms with E-state index >= 15 is 0 Å². The highest BCUT2D eigenvalue weighted by molar-refractivity contribution is 6.27. The summed E-state index contributed by atoms with van der Waals surface area (Å²) in [4.78, 5) is 41.5. The van der Waals surface area contributed by atoms with E-state index in [4.69, 9.17) is 34.0 Å². The lowest BCUT2D eigenvalue weighted by Crippen LogP contribution is -2.51. The summed E-state index contributed by atoms with van der Waals surface area (Å²) in [6.07, 6.45) is -1.56. The van der Waals surface area contributed by atoms with E-state index in [0.29, 0.717) is 6.61 Å². The van der Waals surface area contributed by atoms with E-state index in [1.807, 2.05) is 13.8 Å². The highest BCUT2D eigenvalue weighted by atomic mass is 19.1. The number of aliphatic hydroxyl groups is 1. The van der Waals surface area contributed by atoms with Crippen LogP contribution in [0.25, 0.3) is 0 Å². The van der Waals surface area contributed by atoms with Crippen molar-refractivity contribution in [3.05, 3.63) is 35.6 Å². The molecule has 0 aliphatic heterocycles. The molecule has 0 aliphatic carbocycles. The third-order valence-electron chi connectivity index (χ3n) is 3.70. The molecule has 1 atom stereocenters. The van der Waals surface area contributed by atoms with Crippen LogP contribution in [0.5, 0.6) is 0 Å². The number of carbonyl (C=O) groups excluding carboxylic acids is 2. The number of carboxylic acid groups (broad SMARTS) is 2. The van der Waals surface area contributed by atoms with Crippen molar-refractivity contribution < 1.29 is 53.1 Å². The number of hydrogen-bond acceptors (Lipinski definition) is 9. The van der Waals surface area contributed by atoms with Crippen LogP contribution in [0.1, 0.15) is 24.2 Å². The van der Waals surface area contributed by atoms with E-state index in [0.717, 1.165) is 6.07 Å². The van der Waals surface area contributed by atoms with Gasteiger partial charge in [0, 0.05) is 25.7 Å². The first kappa shape index (κ1) is 29.7. The van der Waals surface area contributed by atoms with Gasteiger partial charge in [-0.25, -0.2) is 23.6 Å². The average molecular weight is 476 g/mol. The summed E-state index contributed by atoms with van der Waals surface area (Å²) < 4.78 is 28.1. The van der Waals surface area contributed by atoms with Gasteiger partial charge in [0.15, 0.2) is 0 Å². The molecule has 0 radical (unpaired) electrons. The molecule has 186 valence electrons. The van der Waals surface area contributed by atoms with Crippen molar-refractivity contribution in [2.24, 2.45) is 0 Å². The lowest BCUT2D eigenvalue weighted by molar-refractivity contribution is -0.159. The molecule has 1 amide bonds. The van der Waals surface area contributed by atoms with Gasteiger partial charge >= 0.3 is 24.0 Å². The fraction of sp³-hybridized carbons (Fsp3) is 0.500. The van der Waals surface area contributed by atoms with E-state index in [-0.39, 0.29) is 31.9 Å². The predicted octanol–water partition coefficient (Wildman–Crippen LogP) is 0.240. The number of esters is 1. The number of methoxy groups -OCH3 is 1. The monoisotopic (exact) mass is 476 g/mol. The molecule has 0 aliphatic rings. The van der Waals surface area contributed by atoms with Gasteiger partial charge in [-0.15, -0.1) is 0 Å². The third-order valence-corrected chi connectivity index (χ3v) is 3.70. The minimum absolute atomic E-state index is 0.109. The van der Waals surface area contributed by atoms with Gasteiger partial charge in [-0.05, 0) is 26.0 Å². The molecule has 0 bridgehead atoms. The first-order chi connectivity index (χ1) is 15.4. The van der Waals surface area contributed by atoms with Gasteiger partial charge in [0.1, 0.15) is 25.1 Å². The number of rotatable bonds is 11. The Bertz CT molecular complexity index is 776. The SMILES string of the molecule is COCCOC(=O)NCC(C)(C)NCC(O)COC(=O)c1ccccc1F.O=C(O)C(=O)O. The summed E-state index contributed by atoms with van der Waals surface area (Å²) in [5, 5.41) is 30.4. The van der Waals surface area contributed by atoms with Crippen LogP contribution < -0.4 is 10.6 Å². The van der Waals surface area contributed by atoms with Gasteiger partial charge in [0.25, 0.3) is 0 Å². The molecule has 33 heavy (non-hydrogen) atoms. The first-order valence-corrected chi connectivity index (χ1v) is 9.60. The molecule has 5 N–H and O–H groups in total. The molecule has 0 fully saturated rings. The molecular formula is C20H29FN2O10. The summed E-state index contributed by atoms with van der Waals surface area (Å²) in [5.74, 6) is -5.17. The number of amides is 1. The topological polar surface area (TPSA) is 181 Å². The molecule has 1 aromatic rings. The highest BCUT2D eigenvalue weighted by Gasteiger charge is 2.21. The van der Waals surface area contributed by atoms with Gasteiger partial charge in [0.2, 0.25) is 0 Å². The normalized spacial score (nSPS) is 11.4. The van der Waals surface area contributed by atoms with Crippen molar-refractivity contribution in [2.75, 3.05) is 40.0 Å². The Morgan fingerprint density at radius 1 is 1.06 bits per heavy atom. The molecular weight excluding hydrogens is 447 g/mol. The Morgan fingerprint density at radius 2 is 1.67 bits per heavy atom. The third kappa shape index (κ3) is 14.4. The molecule has 1 aromatic carbocycles. The summed E-state index contributed by atoms with van der Waals surface area (Å²) in [6.45, 7) is 4.18. The largest absolute Gasteiger partial charge is 0.473 e. The Kier molecular flexibility index (Phi) is 14.0. The molecule has 13 heteroatoms. The maximum absolute atomic E-state index is 13.5. The van der Waals surface area contributed by atoms with Crippen LogP contribution in [-0.4, -0.2) is 91.0 Å². The van der Waals surface area contributed by atoms with Crippen LogP contribution >= 0.6 is 0 Å². The minimum atomic E-state index is -1.82. The number of alkyl carbamates (subject to hydrolysis) is 1. The van der Waals surface area contributed by atoms with Crippen LogP contribution in [0, 0.1) is 5.82 Å². The van der Waals surface area contributed by atoms with Gasteiger partial charge in [-0.3, -0.25) is 0 Å². The first-order valence-electron chi connectivity index (χ1n) is 9.60.